The molecule has 0 radical (unpaired) electrons. The van der Waals surface area contributed by atoms with E-state index in [1.165, 1.54) is 31.4 Å². The number of benzene rings is 1. The maximum atomic E-state index is 15.6. The van der Waals surface area contributed by atoms with Crippen molar-refractivity contribution >= 4 is 17.5 Å². The molecule has 0 saturated heterocycles. The molecule has 3 aliphatic rings. The number of primary amides is 1. The molecule has 1 aromatic carbocycles. The molecular weight excluding hydrogens is 475 g/mol. The van der Waals surface area contributed by atoms with E-state index in [2.05, 4.69) is 9.97 Å². The molecule has 36 heavy (non-hydrogen) atoms. The lowest BCUT2D eigenvalue weighted by Gasteiger charge is -2.50. The Balaban J connectivity index is 1.72. The number of likely N-dealkylation sites (N-methyl/N-ethyl adjacent to an activating group) is 1. The van der Waals surface area contributed by atoms with Gasteiger partial charge in [-0.15, -0.1) is 0 Å². The summed E-state index contributed by atoms with van der Waals surface area (Å²) in [5.74, 6) is -8.53. The van der Waals surface area contributed by atoms with Gasteiger partial charge in [-0.05, 0) is 38.9 Å². The second kappa shape index (κ2) is 7.73. The third-order valence-electron chi connectivity index (χ3n) is 7.41. The number of aromatic amines is 1. The van der Waals surface area contributed by atoms with E-state index in [0.717, 1.165) is 6.07 Å². The minimum atomic E-state index is -2.74. The average Bonchev–Trinajstić information content (AvgIpc) is 3.32. The number of phenolic OH excluding ortho intramolecular Hbond substituents is 1. The molecule has 12 heteroatoms. The minimum absolute atomic E-state index is 0.0568. The number of fused-ring (bicyclic) bond motifs is 3. The lowest BCUT2D eigenvalue weighted by molar-refractivity contribution is -0.148. The molecule has 11 nitrogen and oxygen atoms in total. The van der Waals surface area contributed by atoms with Crippen molar-refractivity contribution in [3.63, 3.8) is 0 Å². The van der Waals surface area contributed by atoms with Crippen LogP contribution in [0.1, 0.15) is 22.3 Å². The molecule has 7 N–H and O–H groups in total. The van der Waals surface area contributed by atoms with Crippen molar-refractivity contribution in [3.05, 3.63) is 58.1 Å². The Bertz CT molecular complexity index is 1410. The molecule has 1 amide bonds. The number of H-pyrrole nitrogens is 1. The Labute approximate surface area is 203 Å². The quantitative estimate of drug-likeness (QED) is 0.330. The van der Waals surface area contributed by atoms with Gasteiger partial charge in [-0.3, -0.25) is 19.3 Å². The number of nitrogens with two attached hydrogens (primary N) is 1. The molecule has 5 rings (SSSR count). The third-order valence-corrected chi connectivity index (χ3v) is 7.41. The number of carbonyl (C=O) groups excluding carboxylic acids is 3. The number of nitrogens with one attached hydrogen (secondary N) is 1. The van der Waals surface area contributed by atoms with E-state index in [1.807, 2.05) is 0 Å². The van der Waals surface area contributed by atoms with Gasteiger partial charge < -0.3 is 31.1 Å². The molecular formula is C24H23FN4O7. The van der Waals surface area contributed by atoms with Gasteiger partial charge in [0, 0.05) is 29.4 Å². The summed E-state index contributed by atoms with van der Waals surface area (Å²) in [5, 5.41) is 44.1. The SMILES string of the molecule is CN(C)[C@@H]1C(O)=C(C(N)=O)C(=O)[C@@]2(O)C(O)=C3C(=O)c4c(O)cc(-c5ncc[nH]5)c(F)c4C[C@H]3C[C@@H]12. The van der Waals surface area contributed by atoms with E-state index in [4.69, 9.17) is 5.73 Å². The van der Waals surface area contributed by atoms with Crippen molar-refractivity contribution in [1.82, 2.24) is 14.9 Å². The highest BCUT2D eigenvalue weighted by Gasteiger charge is 2.63. The number of imidazole rings is 1. The first-order valence-corrected chi connectivity index (χ1v) is 11.1. The highest BCUT2D eigenvalue weighted by molar-refractivity contribution is 6.24. The van der Waals surface area contributed by atoms with E-state index in [9.17, 15) is 34.8 Å². The number of rotatable bonds is 3. The second-order valence-corrected chi connectivity index (χ2v) is 9.51. The van der Waals surface area contributed by atoms with Crippen molar-refractivity contribution < 1.29 is 39.2 Å². The summed E-state index contributed by atoms with van der Waals surface area (Å²) in [6.07, 6.45) is 2.59. The molecule has 0 fully saturated rings. The van der Waals surface area contributed by atoms with Crippen LogP contribution in [0.5, 0.6) is 5.75 Å². The van der Waals surface area contributed by atoms with E-state index in [1.54, 1.807) is 0 Å². The van der Waals surface area contributed by atoms with Crippen LogP contribution in [0.2, 0.25) is 0 Å². The number of phenols is 1. The van der Waals surface area contributed by atoms with Gasteiger partial charge in [-0.25, -0.2) is 9.37 Å². The van der Waals surface area contributed by atoms with Gasteiger partial charge in [-0.1, -0.05) is 0 Å². The van der Waals surface area contributed by atoms with Gasteiger partial charge in [0.2, 0.25) is 5.78 Å². The van der Waals surface area contributed by atoms with Crippen molar-refractivity contribution in [2.75, 3.05) is 14.1 Å². The average molecular weight is 498 g/mol. The molecule has 188 valence electrons. The molecule has 0 aliphatic heterocycles. The van der Waals surface area contributed by atoms with Crippen molar-refractivity contribution in [2.45, 2.75) is 24.5 Å². The molecule has 0 saturated carbocycles. The molecule has 2 aromatic rings. The predicted molar refractivity (Wildman–Crippen MR) is 121 cm³/mol. The van der Waals surface area contributed by atoms with Gasteiger partial charge in [0.25, 0.3) is 5.91 Å². The lowest BCUT2D eigenvalue weighted by Crippen LogP contribution is -2.63. The van der Waals surface area contributed by atoms with Crippen LogP contribution >= 0.6 is 0 Å². The van der Waals surface area contributed by atoms with Crippen LogP contribution in [0.3, 0.4) is 0 Å². The van der Waals surface area contributed by atoms with Crippen molar-refractivity contribution in [1.29, 1.82) is 0 Å². The fourth-order valence-corrected chi connectivity index (χ4v) is 5.88. The lowest BCUT2D eigenvalue weighted by atomic mass is 9.58. The van der Waals surface area contributed by atoms with E-state index in [0.29, 0.717) is 0 Å². The zero-order chi connectivity index (χ0) is 26.3. The van der Waals surface area contributed by atoms with Gasteiger partial charge in [-0.2, -0.15) is 0 Å². The predicted octanol–water partition coefficient (Wildman–Crippen LogP) is 0.650. The van der Waals surface area contributed by atoms with Crippen LogP contribution in [0.25, 0.3) is 11.4 Å². The maximum absolute atomic E-state index is 15.6. The number of Topliss-reactive ketones (excluding diaryl/α,β-unsaturated/α-hetero) is 2. The highest BCUT2D eigenvalue weighted by Crippen LogP contribution is 2.52. The second-order valence-electron chi connectivity index (χ2n) is 9.51. The van der Waals surface area contributed by atoms with Crippen LogP contribution in [-0.4, -0.2) is 78.5 Å². The third kappa shape index (κ3) is 2.91. The van der Waals surface area contributed by atoms with Gasteiger partial charge in [0.1, 0.15) is 34.5 Å². The number of hydrogen-bond donors (Lipinski definition) is 6. The minimum Gasteiger partial charge on any atom is -0.510 e. The number of aromatic hydroxyl groups is 1. The molecule has 1 heterocycles. The summed E-state index contributed by atoms with van der Waals surface area (Å²) in [7, 11) is 3.06. The zero-order valence-corrected chi connectivity index (χ0v) is 19.2. The van der Waals surface area contributed by atoms with Crippen LogP contribution < -0.4 is 5.73 Å². The fourth-order valence-electron chi connectivity index (χ4n) is 5.88. The first kappa shape index (κ1) is 23.7. The number of amides is 1. The Morgan fingerprint density at radius 3 is 2.56 bits per heavy atom. The Kier molecular flexibility index (Phi) is 5.09. The Morgan fingerprint density at radius 1 is 1.28 bits per heavy atom. The van der Waals surface area contributed by atoms with E-state index < -0.39 is 75.2 Å². The van der Waals surface area contributed by atoms with Crippen LogP contribution in [0.4, 0.5) is 4.39 Å². The van der Waals surface area contributed by atoms with Crippen molar-refractivity contribution in [3.8, 4) is 17.1 Å². The summed E-state index contributed by atoms with van der Waals surface area (Å²) in [5.41, 5.74) is 0.759. The number of aliphatic hydroxyl groups is 3. The monoisotopic (exact) mass is 498 g/mol. The summed E-state index contributed by atoms with van der Waals surface area (Å²) < 4.78 is 15.6. The highest BCUT2D eigenvalue weighted by atomic mass is 19.1. The number of ketones is 2. The van der Waals surface area contributed by atoms with Gasteiger partial charge in [0.05, 0.1) is 17.2 Å². The summed E-state index contributed by atoms with van der Waals surface area (Å²) >= 11 is 0. The standard InChI is InChI=1S/C24H23FN4O7/c1-29(2)17-11-6-8-5-9-14(12(30)7-10(16(9)25)23-27-3-4-28-23)18(31)13(8)20(33)24(11,36)21(34)15(19(17)32)22(26)35/h3-4,7-8,11,17,30,32-33,36H,5-6H2,1-2H3,(H2,26,35)(H,27,28)/t8-,11-,17-,24-/m0/s1. The molecule has 1 aromatic heterocycles. The summed E-state index contributed by atoms with van der Waals surface area (Å²) in [6.45, 7) is 0. The van der Waals surface area contributed by atoms with Crippen LogP contribution in [-0.2, 0) is 16.0 Å². The van der Waals surface area contributed by atoms with E-state index >= 15 is 4.39 Å². The van der Waals surface area contributed by atoms with Gasteiger partial charge in [0.15, 0.2) is 11.4 Å². The van der Waals surface area contributed by atoms with Crippen LogP contribution in [0.15, 0.2) is 41.1 Å². The first-order valence-electron chi connectivity index (χ1n) is 11.1. The topological polar surface area (TPSA) is 190 Å². The maximum Gasteiger partial charge on any atom is 0.255 e. The first-order chi connectivity index (χ1) is 16.9. The number of halogens is 1. The Hall–Kier alpha value is -4.03. The number of carbonyl (C=O) groups is 3. The smallest absolute Gasteiger partial charge is 0.255 e. The molecule has 3 aliphatic carbocycles. The Morgan fingerprint density at radius 2 is 1.97 bits per heavy atom. The van der Waals surface area contributed by atoms with Crippen molar-refractivity contribution in [2.24, 2.45) is 17.6 Å². The number of aliphatic hydroxyl groups excluding tert-OH is 2. The van der Waals surface area contributed by atoms with E-state index in [-0.39, 0.29) is 35.4 Å². The summed E-state index contributed by atoms with van der Waals surface area (Å²) in [4.78, 5) is 46.9. The molecule has 0 spiro atoms. The number of aromatic nitrogens is 2. The zero-order valence-electron chi connectivity index (χ0n) is 19.2. The molecule has 0 bridgehead atoms. The molecule has 4 atom stereocenters. The number of hydrogen-bond acceptors (Lipinski definition) is 9. The number of nitrogens with zero attached hydrogens (tertiary/aromatic N) is 2. The largest absolute Gasteiger partial charge is 0.510 e. The molecule has 0 unspecified atom stereocenters. The summed E-state index contributed by atoms with van der Waals surface area (Å²) in [6, 6.07) is -0.0914. The normalized spacial score (nSPS) is 27.8. The van der Waals surface area contributed by atoms with Gasteiger partial charge >= 0.3 is 0 Å². The number of allylic oxidation sites excluding steroid dienone is 1. The fraction of sp³-hybridized carbons (Fsp3) is 0.333. The van der Waals surface area contributed by atoms with Crippen LogP contribution in [0, 0.1) is 17.7 Å².